The maximum atomic E-state index is 13.0. The van der Waals surface area contributed by atoms with Gasteiger partial charge in [-0.1, -0.05) is 36.0 Å². The van der Waals surface area contributed by atoms with Gasteiger partial charge in [0.05, 0.1) is 15.9 Å². The predicted molar refractivity (Wildman–Crippen MR) is 101 cm³/mol. The Kier molecular flexibility index (Phi) is 3.55. The number of carbonyl (C=O) groups is 2. The third-order valence-corrected chi connectivity index (χ3v) is 7.12. The van der Waals surface area contributed by atoms with E-state index in [0.717, 1.165) is 25.8 Å². The number of thioether (sulfide) groups is 1. The monoisotopic (exact) mass is 382 g/mol. The second kappa shape index (κ2) is 5.82. The molecule has 130 valence electrons. The van der Waals surface area contributed by atoms with Crippen molar-refractivity contribution in [1.82, 2.24) is 4.98 Å². The van der Waals surface area contributed by atoms with Crippen molar-refractivity contribution in [3.63, 3.8) is 0 Å². The number of rotatable bonds is 3. The van der Waals surface area contributed by atoms with Gasteiger partial charge in [0.1, 0.15) is 11.6 Å². The highest BCUT2D eigenvalue weighted by Gasteiger charge is 2.58. The minimum atomic E-state index is -0.975. The lowest BCUT2D eigenvalue weighted by atomic mass is 10.2. The highest BCUT2D eigenvalue weighted by atomic mass is 32.2. The molecule has 1 atom stereocenters. The molecule has 0 aliphatic carbocycles. The Bertz CT molecular complexity index is 1010. The van der Waals surface area contributed by atoms with Crippen molar-refractivity contribution in [1.29, 1.82) is 0 Å². The quantitative estimate of drug-likeness (QED) is 0.642. The number of para-hydroxylation sites is 2. The van der Waals surface area contributed by atoms with Crippen molar-refractivity contribution in [3.8, 4) is 0 Å². The van der Waals surface area contributed by atoms with Crippen LogP contribution in [0.2, 0.25) is 0 Å². The van der Waals surface area contributed by atoms with Crippen LogP contribution < -0.4 is 4.90 Å². The van der Waals surface area contributed by atoms with Crippen LogP contribution in [0.4, 0.5) is 5.69 Å². The zero-order valence-electron chi connectivity index (χ0n) is 13.7. The highest BCUT2D eigenvalue weighted by Crippen LogP contribution is 2.56. The molecule has 1 aromatic heterocycles. The number of ether oxygens (including phenoxy) is 1. The van der Waals surface area contributed by atoms with Gasteiger partial charge in [-0.2, -0.15) is 0 Å². The standard InChI is InChI=1S/C19H14N2O3S2/c22-17-9-10-19(21(17)13-6-2-4-8-15(13)26-19)18(23)24-11-16-20-12-5-1-3-7-14(12)25-16/h1-8H,9-11H2/t19-/m1/s1. The number of nitrogens with zero attached hydrogens (tertiary/aromatic N) is 2. The minimum absolute atomic E-state index is 0.0283. The summed E-state index contributed by atoms with van der Waals surface area (Å²) >= 11 is 2.94. The second-order valence-electron chi connectivity index (χ2n) is 6.23. The van der Waals surface area contributed by atoms with E-state index >= 15 is 0 Å². The number of esters is 1. The van der Waals surface area contributed by atoms with E-state index in [-0.39, 0.29) is 18.5 Å². The molecule has 1 fully saturated rings. The van der Waals surface area contributed by atoms with Crippen LogP contribution in [0.1, 0.15) is 17.8 Å². The van der Waals surface area contributed by atoms with Crippen LogP contribution in [0.3, 0.4) is 0 Å². The number of hydrogen-bond donors (Lipinski definition) is 0. The predicted octanol–water partition coefficient (Wildman–Crippen LogP) is 3.97. The topological polar surface area (TPSA) is 59.5 Å². The lowest BCUT2D eigenvalue weighted by Gasteiger charge is -2.28. The molecule has 5 rings (SSSR count). The van der Waals surface area contributed by atoms with Gasteiger partial charge in [0.25, 0.3) is 0 Å². The molecule has 2 aliphatic rings. The molecule has 26 heavy (non-hydrogen) atoms. The summed E-state index contributed by atoms with van der Waals surface area (Å²) in [6, 6.07) is 15.5. The summed E-state index contributed by atoms with van der Waals surface area (Å²) in [5, 5.41) is 0.757. The largest absolute Gasteiger partial charge is 0.456 e. The van der Waals surface area contributed by atoms with E-state index in [1.54, 1.807) is 4.90 Å². The summed E-state index contributed by atoms with van der Waals surface area (Å²) in [5.41, 5.74) is 1.71. The lowest BCUT2D eigenvalue weighted by Crippen LogP contribution is -2.47. The van der Waals surface area contributed by atoms with Gasteiger partial charge >= 0.3 is 5.97 Å². The smallest absolute Gasteiger partial charge is 0.343 e. The van der Waals surface area contributed by atoms with E-state index in [9.17, 15) is 9.59 Å². The fraction of sp³-hybridized carbons (Fsp3) is 0.211. The first-order valence-corrected chi connectivity index (χ1v) is 9.93. The van der Waals surface area contributed by atoms with Crippen molar-refractivity contribution in [2.24, 2.45) is 0 Å². The number of aromatic nitrogens is 1. The summed E-state index contributed by atoms with van der Waals surface area (Å²) in [7, 11) is 0. The molecular formula is C19H14N2O3S2. The van der Waals surface area contributed by atoms with Crippen LogP contribution in [-0.2, 0) is 20.9 Å². The van der Waals surface area contributed by atoms with Crippen molar-refractivity contribution >= 4 is 50.9 Å². The average molecular weight is 382 g/mol. The SMILES string of the molecule is O=C1CC[C@]2(C(=O)OCc3nc4ccccc4s3)Sc3ccccc3N12. The van der Waals surface area contributed by atoms with Gasteiger partial charge in [-0.25, -0.2) is 9.78 Å². The third-order valence-electron chi connectivity index (χ3n) is 4.66. The molecule has 1 saturated heterocycles. The Hall–Kier alpha value is -2.38. The van der Waals surface area contributed by atoms with Gasteiger partial charge in [-0.15, -0.1) is 11.3 Å². The molecule has 7 heteroatoms. The van der Waals surface area contributed by atoms with Crippen LogP contribution >= 0.6 is 23.1 Å². The van der Waals surface area contributed by atoms with Crippen LogP contribution in [0.5, 0.6) is 0 Å². The maximum Gasteiger partial charge on any atom is 0.343 e. The van der Waals surface area contributed by atoms with Crippen LogP contribution in [-0.4, -0.2) is 21.7 Å². The Morgan fingerprint density at radius 3 is 2.88 bits per heavy atom. The van der Waals surface area contributed by atoms with Crippen LogP contribution in [0.15, 0.2) is 53.4 Å². The molecule has 0 spiro atoms. The Balaban J connectivity index is 1.40. The number of carbonyl (C=O) groups excluding carboxylic acids is 2. The molecule has 3 aromatic rings. The number of hydrogen-bond acceptors (Lipinski definition) is 6. The molecule has 5 nitrogen and oxygen atoms in total. The Labute approximate surface area is 158 Å². The average Bonchev–Trinajstić information content (AvgIpc) is 3.31. The van der Waals surface area contributed by atoms with Gasteiger partial charge in [-0.05, 0) is 24.3 Å². The third kappa shape index (κ3) is 2.27. The molecule has 2 aromatic carbocycles. The molecule has 0 saturated carbocycles. The van der Waals surface area contributed by atoms with Gasteiger partial charge in [0.15, 0.2) is 4.87 Å². The van der Waals surface area contributed by atoms with Gasteiger partial charge in [0, 0.05) is 17.7 Å². The summed E-state index contributed by atoms with van der Waals surface area (Å²) in [6.07, 6.45) is 0.821. The molecule has 2 aliphatic heterocycles. The fourth-order valence-corrected chi connectivity index (χ4v) is 5.79. The van der Waals surface area contributed by atoms with E-state index in [1.807, 2.05) is 48.5 Å². The zero-order chi connectivity index (χ0) is 17.7. The molecule has 0 unspecified atom stereocenters. The Morgan fingerprint density at radius 2 is 2.00 bits per heavy atom. The van der Waals surface area contributed by atoms with Crippen molar-refractivity contribution in [2.45, 2.75) is 29.2 Å². The number of benzene rings is 2. The Morgan fingerprint density at radius 1 is 1.19 bits per heavy atom. The van der Waals surface area contributed by atoms with Crippen molar-refractivity contribution in [3.05, 3.63) is 53.5 Å². The highest BCUT2D eigenvalue weighted by molar-refractivity contribution is 8.02. The van der Waals surface area contributed by atoms with E-state index in [1.165, 1.54) is 23.1 Å². The summed E-state index contributed by atoms with van der Waals surface area (Å²) in [4.78, 5) is 31.5. The van der Waals surface area contributed by atoms with Gasteiger partial charge < -0.3 is 4.74 Å². The molecule has 0 radical (unpaired) electrons. The van der Waals surface area contributed by atoms with E-state index < -0.39 is 4.87 Å². The van der Waals surface area contributed by atoms with Gasteiger partial charge in [-0.3, -0.25) is 9.69 Å². The minimum Gasteiger partial charge on any atom is -0.456 e. The normalized spacial score (nSPS) is 21.1. The van der Waals surface area contributed by atoms with E-state index in [0.29, 0.717) is 12.8 Å². The molecule has 0 N–H and O–H groups in total. The van der Waals surface area contributed by atoms with Crippen molar-refractivity contribution in [2.75, 3.05) is 4.90 Å². The summed E-state index contributed by atoms with van der Waals surface area (Å²) in [6.45, 7) is 0.124. The van der Waals surface area contributed by atoms with E-state index in [2.05, 4.69) is 4.98 Å². The zero-order valence-corrected chi connectivity index (χ0v) is 15.3. The molecule has 0 bridgehead atoms. The van der Waals surface area contributed by atoms with E-state index in [4.69, 9.17) is 4.74 Å². The number of fused-ring (bicyclic) bond motifs is 4. The first-order valence-electron chi connectivity index (χ1n) is 8.30. The first-order chi connectivity index (χ1) is 12.7. The number of thiazole rings is 1. The molecule has 1 amide bonds. The molecule has 3 heterocycles. The van der Waals surface area contributed by atoms with Crippen LogP contribution in [0, 0.1) is 0 Å². The van der Waals surface area contributed by atoms with Gasteiger partial charge in [0.2, 0.25) is 5.91 Å². The summed E-state index contributed by atoms with van der Waals surface area (Å²) < 4.78 is 6.69. The maximum absolute atomic E-state index is 13.0. The second-order valence-corrected chi connectivity index (χ2v) is 8.67. The fourth-order valence-electron chi connectivity index (χ4n) is 3.49. The van der Waals surface area contributed by atoms with Crippen molar-refractivity contribution < 1.29 is 14.3 Å². The number of anilines is 1. The first kappa shape index (κ1) is 15.8. The number of amides is 1. The lowest BCUT2D eigenvalue weighted by molar-refractivity contribution is -0.148. The van der Waals surface area contributed by atoms with Crippen LogP contribution in [0.25, 0.3) is 10.2 Å². The summed E-state index contributed by atoms with van der Waals surface area (Å²) in [5.74, 6) is -0.400. The molecular weight excluding hydrogens is 368 g/mol.